The van der Waals surface area contributed by atoms with Crippen LogP contribution in [0.15, 0.2) is 132 Å². The van der Waals surface area contributed by atoms with Crippen LogP contribution < -0.4 is 10.1 Å². The zero-order valence-electron chi connectivity index (χ0n) is 54.0. The number of hydrogen-bond donors (Lipinski definition) is 8. The number of carbonyl (C=O) groups is 1. The molecule has 13 aliphatic rings. The number of aromatic hydroxyl groups is 3. The highest BCUT2D eigenvalue weighted by Gasteiger charge is 2.79. The zero-order chi connectivity index (χ0) is 63.9. The molecule has 1 saturated heterocycles. The normalized spacial score (nSPS) is 38.5. The summed E-state index contributed by atoms with van der Waals surface area (Å²) in [7, 11) is 1.51. The standard InChI is InChI=1S/C85H83NO9/c1-95-75-37-56(48(41-87)29-74(75)93)55-33-70(89)62-28-47-26-50-30-59-57-34-69(88)53(78(47)59)16-9-17-68-52(21-20-45(55)25-43-11-4-2-5-12-43)80(81(62)94)85-65-38-73(92)72(91)36-61(65)63-39-76(85)84-42-83(63)24-10-14-49(83)31-64(84)58-35-71(90)66(82(50)22-6-3-7-23-82)32-60(58)79(67(84)40-77(85)86-68)46-19-18-44-13-8-15-51(57)54(44)27-46/h2,4-5,8,11-13,15,18-19,26-27,29-32,36-38,45,49,52-53,55,57-58,62-63,67-69,71,76-77,80-81,86-88,90-94H,3,6-7,10,14,17,22-25,28,33-35,39-42H2,1H3. The van der Waals surface area contributed by atoms with Gasteiger partial charge in [0, 0.05) is 82.6 Å². The second-order valence-corrected chi connectivity index (χ2v) is 32.2. The first-order valence-corrected chi connectivity index (χ1v) is 36.1. The van der Waals surface area contributed by atoms with Crippen LogP contribution in [0.4, 0.5) is 0 Å². The topological polar surface area (TPSA) is 180 Å². The molecule has 12 aliphatic carbocycles. The predicted molar refractivity (Wildman–Crippen MR) is 362 cm³/mol. The van der Waals surface area contributed by atoms with E-state index in [9.17, 15) is 30.6 Å². The van der Waals surface area contributed by atoms with Crippen molar-refractivity contribution < 1.29 is 45.3 Å². The highest BCUT2D eigenvalue weighted by atomic mass is 16.5. The average molecular weight is 1260 g/mol. The van der Waals surface area contributed by atoms with Gasteiger partial charge in [-0.15, -0.1) is 5.92 Å². The van der Waals surface area contributed by atoms with Crippen molar-refractivity contribution in [1.29, 1.82) is 0 Å². The van der Waals surface area contributed by atoms with Crippen LogP contribution in [0.3, 0.4) is 0 Å². The summed E-state index contributed by atoms with van der Waals surface area (Å²) in [5, 5.41) is 97.0. The Morgan fingerprint density at radius 2 is 1.58 bits per heavy atom. The fourth-order valence-corrected chi connectivity index (χ4v) is 25.5. The van der Waals surface area contributed by atoms with Crippen molar-refractivity contribution in [3.8, 4) is 46.7 Å². The summed E-state index contributed by atoms with van der Waals surface area (Å²) in [6.45, 7) is -0.409. The minimum absolute atomic E-state index is 0.0267. The molecule has 5 fully saturated rings. The van der Waals surface area contributed by atoms with Crippen LogP contribution in [0.2, 0.25) is 0 Å². The molecule has 20 atom stereocenters. The van der Waals surface area contributed by atoms with E-state index < -0.39 is 82.7 Å². The van der Waals surface area contributed by atoms with E-state index in [1.807, 2.05) is 30.3 Å². The number of piperidine rings is 1. The van der Waals surface area contributed by atoms with Crippen molar-refractivity contribution in [1.82, 2.24) is 5.32 Å². The lowest BCUT2D eigenvalue weighted by atomic mass is 9.27. The van der Waals surface area contributed by atoms with Gasteiger partial charge in [-0.3, -0.25) is 4.79 Å². The van der Waals surface area contributed by atoms with E-state index >= 15 is 9.90 Å². The Bertz CT molecular complexity index is 4610. The number of ether oxygens (including phenoxy) is 1. The maximum Gasteiger partial charge on any atom is 0.160 e. The summed E-state index contributed by atoms with van der Waals surface area (Å²) in [6.07, 6.45) is 14.6. The SMILES string of the molecule is COc1cc(C2CC(=O)C3Cc4cc5cc6c4C4C#CCC7NC8CC9C(=C%10C=C(C(O)CC%10C%10=CC%11CCCC%11%12CC%109C9CC%12c%10cc(O)c(O)cc%10C89C(C3O)C7C#CC2Cc2ccccc2)C52CCCCC2)c2ccc3cccc(c3c2)C6CC4O)c(CO)cc1O. The number of ketones is 1. The van der Waals surface area contributed by atoms with Gasteiger partial charge in [0.25, 0.3) is 0 Å². The summed E-state index contributed by atoms with van der Waals surface area (Å²) in [4.78, 5) is 17.6. The van der Waals surface area contributed by atoms with Crippen LogP contribution in [0, 0.1) is 81.9 Å². The molecule has 0 aromatic heterocycles. The number of rotatable bonds is 5. The summed E-state index contributed by atoms with van der Waals surface area (Å²) in [6, 6.07) is 35.5. The van der Waals surface area contributed by atoms with Crippen molar-refractivity contribution in [3.05, 3.63) is 193 Å². The van der Waals surface area contributed by atoms with Gasteiger partial charge >= 0.3 is 0 Å². The molecular formula is C85H83NO9. The fraction of sp³-hybridized carbons (Fsp3) is 0.471. The van der Waals surface area contributed by atoms with Crippen LogP contribution >= 0.6 is 0 Å². The first kappa shape index (κ1) is 57.8. The van der Waals surface area contributed by atoms with Gasteiger partial charge < -0.3 is 45.8 Å². The minimum Gasteiger partial charge on any atom is -0.504 e. The fourth-order valence-electron chi connectivity index (χ4n) is 25.5. The molecule has 14 bridgehead atoms. The minimum atomic E-state index is -1.33. The molecule has 1 heterocycles. The number of phenols is 3. The Kier molecular flexibility index (Phi) is 12.4. The van der Waals surface area contributed by atoms with Gasteiger partial charge in [0.1, 0.15) is 5.78 Å². The van der Waals surface area contributed by atoms with E-state index in [4.69, 9.17) is 4.74 Å². The lowest BCUT2D eigenvalue weighted by molar-refractivity contribution is -0.184. The van der Waals surface area contributed by atoms with Crippen molar-refractivity contribution >= 4 is 22.1 Å². The van der Waals surface area contributed by atoms with Gasteiger partial charge in [0.2, 0.25) is 0 Å². The number of carbonyl (C=O) groups excluding carboxylic acids is 1. The molecule has 0 radical (unpaired) electrons. The molecule has 4 spiro atoms. The largest absolute Gasteiger partial charge is 0.504 e. The highest BCUT2D eigenvalue weighted by molar-refractivity contribution is 5.92. The highest BCUT2D eigenvalue weighted by Crippen LogP contribution is 2.84. The van der Waals surface area contributed by atoms with E-state index in [0.29, 0.717) is 43.2 Å². The van der Waals surface area contributed by atoms with E-state index in [0.717, 1.165) is 120 Å². The second-order valence-electron chi connectivity index (χ2n) is 32.2. The van der Waals surface area contributed by atoms with Gasteiger partial charge in [0.15, 0.2) is 23.0 Å². The number of aliphatic hydroxyl groups is 4. The summed E-state index contributed by atoms with van der Waals surface area (Å²) in [5.74, 6) is 11.0. The number of benzene rings is 6. The quantitative estimate of drug-likeness (QED) is 0.0470. The number of hydrogen-bond acceptors (Lipinski definition) is 10. The number of Topliss-reactive ketones (excluding diaryl/α,β-unsaturated/α-hetero) is 1. The van der Waals surface area contributed by atoms with E-state index in [-0.39, 0.29) is 88.6 Å². The third kappa shape index (κ3) is 7.49. The molecule has 4 saturated carbocycles. The lowest BCUT2D eigenvalue weighted by Gasteiger charge is -2.78. The molecule has 0 amide bonds. The Morgan fingerprint density at radius 3 is 2.42 bits per heavy atom. The molecular weight excluding hydrogens is 1180 g/mol. The van der Waals surface area contributed by atoms with Gasteiger partial charge in [0.05, 0.1) is 37.9 Å². The summed E-state index contributed by atoms with van der Waals surface area (Å²) in [5.41, 5.74) is 13.6. The molecule has 6 aromatic rings. The summed E-state index contributed by atoms with van der Waals surface area (Å²) < 4.78 is 5.87. The van der Waals surface area contributed by atoms with Crippen LogP contribution in [0.25, 0.3) is 16.3 Å². The monoisotopic (exact) mass is 1260 g/mol. The van der Waals surface area contributed by atoms with Gasteiger partial charge in [-0.25, -0.2) is 0 Å². The van der Waals surface area contributed by atoms with Gasteiger partial charge in [-0.1, -0.05) is 134 Å². The number of allylic oxidation sites excluding steroid dienone is 5. The third-order valence-electron chi connectivity index (χ3n) is 28.9. The Morgan fingerprint density at radius 1 is 0.726 bits per heavy atom. The van der Waals surface area contributed by atoms with Gasteiger partial charge in [-0.2, -0.15) is 0 Å². The second kappa shape index (κ2) is 20.3. The number of nitrogens with one attached hydrogen (secondary N) is 1. The van der Waals surface area contributed by atoms with E-state index in [1.165, 1.54) is 34.8 Å². The number of methoxy groups -OCH3 is 1. The van der Waals surface area contributed by atoms with E-state index in [1.54, 1.807) is 12.1 Å². The van der Waals surface area contributed by atoms with Crippen molar-refractivity contribution in [2.75, 3.05) is 7.11 Å². The molecule has 1 aliphatic heterocycles. The first-order chi connectivity index (χ1) is 46.3. The summed E-state index contributed by atoms with van der Waals surface area (Å²) >= 11 is 0. The Hall–Kier alpha value is -7.41. The zero-order valence-corrected chi connectivity index (χ0v) is 54.0. The maximum absolute atomic E-state index is 17.6. The predicted octanol–water partition coefficient (Wildman–Crippen LogP) is 13.0. The van der Waals surface area contributed by atoms with Crippen molar-refractivity contribution in [3.63, 3.8) is 0 Å². The molecule has 482 valence electrons. The number of phenolic OH excluding ortho intramolecular Hbond substituents is 3. The van der Waals surface area contributed by atoms with E-state index in [2.05, 4.69) is 102 Å². The molecule has 10 heteroatoms. The Labute approximate surface area is 555 Å². The average Bonchev–Trinajstić information content (AvgIpc) is 1.39. The van der Waals surface area contributed by atoms with Crippen LogP contribution in [0.1, 0.15) is 181 Å². The third-order valence-corrected chi connectivity index (χ3v) is 28.9. The molecule has 6 aromatic carbocycles. The smallest absolute Gasteiger partial charge is 0.160 e. The van der Waals surface area contributed by atoms with Crippen molar-refractivity contribution in [2.24, 2.45) is 58.2 Å². The molecule has 20 unspecified atom stereocenters. The van der Waals surface area contributed by atoms with Crippen LogP contribution in [-0.4, -0.2) is 79.0 Å². The molecule has 19 rings (SSSR count). The number of fused-ring (bicyclic) bond motifs is 12. The molecule has 95 heavy (non-hydrogen) atoms. The lowest BCUT2D eigenvalue weighted by Crippen LogP contribution is -2.79. The van der Waals surface area contributed by atoms with Crippen LogP contribution in [0.5, 0.6) is 23.0 Å². The van der Waals surface area contributed by atoms with Gasteiger partial charge in [-0.05, 0) is 219 Å². The van der Waals surface area contributed by atoms with Crippen LogP contribution in [-0.2, 0) is 35.1 Å². The molecule has 8 N–H and O–H groups in total. The first-order valence-electron chi connectivity index (χ1n) is 36.1. The maximum atomic E-state index is 17.6. The Balaban J connectivity index is 0.976. The molecule has 10 nitrogen and oxygen atoms in total. The number of aliphatic hydroxyl groups excluding tert-OH is 4. The van der Waals surface area contributed by atoms with Crippen molar-refractivity contribution in [2.45, 2.75) is 181 Å².